The molecular formula is C19H22F2N2O5S. The van der Waals surface area contributed by atoms with Gasteiger partial charge in [0.25, 0.3) is 0 Å². The second-order valence-corrected chi connectivity index (χ2v) is 8.06. The molecule has 0 radical (unpaired) electrons. The van der Waals surface area contributed by atoms with Gasteiger partial charge in [-0.15, -0.1) is 0 Å². The number of ether oxygens (including phenoxy) is 2. The number of halogens is 2. The van der Waals surface area contributed by atoms with E-state index in [1.807, 2.05) is 6.07 Å². The molecule has 2 rings (SSSR count). The SMILES string of the molecule is COc1ccc(CCNC(=O)CN(c2ccc(F)cc2F)S(C)(=O)=O)cc1OC. The smallest absolute Gasteiger partial charge is 0.240 e. The molecule has 0 aliphatic carbocycles. The van der Waals surface area contributed by atoms with E-state index < -0.39 is 39.8 Å². The molecule has 1 N–H and O–H groups in total. The molecule has 2 aromatic carbocycles. The predicted octanol–water partition coefficient (Wildman–Crippen LogP) is 2.11. The molecule has 0 unspecified atom stereocenters. The maximum Gasteiger partial charge on any atom is 0.240 e. The molecule has 0 atom stereocenters. The summed E-state index contributed by atoms with van der Waals surface area (Å²) in [6.07, 6.45) is 1.29. The minimum absolute atomic E-state index is 0.220. The zero-order chi connectivity index (χ0) is 21.6. The lowest BCUT2D eigenvalue weighted by atomic mass is 10.1. The maximum atomic E-state index is 14.0. The van der Waals surface area contributed by atoms with Gasteiger partial charge in [-0.1, -0.05) is 6.07 Å². The summed E-state index contributed by atoms with van der Waals surface area (Å²) in [5, 5.41) is 2.59. The molecule has 158 valence electrons. The highest BCUT2D eigenvalue weighted by atomic mass is 32.2. The lowest BCUT2D eigenvalue weighted by molar-refractivity contribution is -0.119. The Morgan fingerprint density at radius 1 is 1.07 bits per heavy atom. The van der Waals surface area contributed by atoms with Crippen molar-refractivity contribution in [2.24, 2.45) is 0 Å². The average molecular weight is 428 g/mol. The van der Waals surface area contributed by atoms with E-state index in [2.05, 4.69) is 5.32 Å². The van der Waals surface area contributed by atoms with Crippen LogP contribution in [0.1, 0.15) is 5.56 Å². The largest absolute Gasteiger partial charge is 0.493 e. The molecule has 0 saturated heterocycles. The van der Waals surface area contributed by atoms with Gasteiger partial charge in [-0.25, -0.2) is 17.2 Å². The van der Waals surface area contributed by atoms with E-state index in [4.69, 9.17) is 9.47 Å². The van der Waals surface area contributed by atoms with Gasteiger partial charge in [-0.05, 0) is 36.2 Å². The van der Waals surface area contributed by atoms with Gasteiger partial charge in [0.2, 0.25) is 15.9 Å². The standard InChI is InChI=1S/C19H22F2N2O5S/c1-27-17-7-4-13(10-18(17)28-2)8-9-22-19(24)12-23(29(3,25)26)16-6-5-14(20)11-15(16)21/h4-7,10-11H,8-9,12H2,1-3H3,(H,22,24). The third-order valence-electron chi connectivity index (χ3n) is 4.05. The molecule has 2 aromatic rings. The first-order chi connectivity index (χ1) is 13.7. The van der Waals surface area contributed by atoms with Gasteiger partial charge in [0.05, 0.1) is 26.2 Å². The molecule has 10 heteroatoms. The number of hydrogen-bond acceptors (Lipinski definition) is 5. The lowest BCUT2D eigenvalue weighted by Crippen LogP contribution is -2.41. The van der Waals surface area contributed by atoms with E-state index in [1.165, 1.54) is 14.2 Å². The van der Waals surface area contributed by atoms with Gasteiger partial charge >= 0.3 is 0 Å². The number of hydrogen-bond donors (Lipinski definition) is 1. The Balaban J connectivity index is 2.02. The van der Waals surface area contributed by atoms with E-state index in [-0.39, 0.29) is 6.54 Å². The average Bonchev–Trinajstić information content (AvgIpc) is 2.65. The van der Waals surface area contributed by atoms with E-state index in [1.54, 1.807) is 12.1 Å². The van der Waals surface area contributed by atoms with Crippen LogP contribution in [0, 0.1) is 11.6 Å². The van der Waals surface area contributed by atoms with Crippen LogP contribution in [0.5, 0.6) is 11.5 Å². The van der Waals surface area contributed by atoms with E-state index in [0.29, 0.717) is 28.3 Å². The summed E-state index contributed by atoms with van der Waals surface area (Å²) >= 11 is 0. The Bertz CT molecular complexity index is 983. The monoisotopic (exact) mass is 428 g/mol. The minimum atomic E-state index is -3.96. The van der Waals surface area contributed by atoms with Crippen LogP contribution in [0.2, 0.25) is 0 Å². The quantitative estimate of drug-likeness (QED) is 0.661. The summed E-state index contributed by atoms with van der Waals surface area (Å²) in [6.45, 7) is -0.412. The molecule has 0 heterocycles. The van der Waals surface area contributed by atoms with E-state index in [0.717, 1.165) is 24.0 Å². The molecule has 0 spiro atoms. The van der Waals surface area contributed by atoms with Crippen molar-refractivity contribution in [1.82, 2.24) is 5.32 Å². The van der Waals surface area contributed by atoms with Crippen molar-refractivity contribution in [3.63, 3.8) is 0 Å². The van der Waals surface area contributed by atoms with Crippen LogP contribution >= 0.6 is 0 Å². The first-order valence-corrected chi connectivity index (χ1v) is 10.4. The number of carbonyl (C=O) groups excluding carboxylic acids is 1. The molecule has 1 amide bonds. The summed E-state index contributed by atoms with van der Waals surface area (Å²) in [6, 6.07) is 7.77. The number of nitrogens with one attached hydrogen (secondary N) is 1. The van der Waals surface area contributed by atoms with Gasteiger partial charge in [-0.2, -0.15) is 0 Å². The lowest BCUT2D eigenvalue weighted by Gasteiger charge is -2.22. The number of benzene rings is 2. The van der Waals surface area contributed by atoms with Crippen LogP contribution in [-0.4, -0.2) is 47.9 Å². The Morgan fingerprint density at radius 2 is 1.76 bits per heavy atom. The summed E-state index contributed by atoms with van der Waals surface area (Å²) in [7, 11) is -0.928. The van der Waals surface area contributed by atoms with E-state index in [9.17, 15) is 22.0 Å². The van der Waals surface area contributed by atoms with Crippen LogP contribution in [0.15, 0.2) is 36.4 Å². The Labute approximate surface area is 168 Å². The van der Waals surface area contributed by atoms with Crippen LogP contribution in [-0.2, 0) is 21.2 Å². The predicted molar refractivity (Wildman–Crippen MR) is 105 cm³/mol. The van der Waals surface area contributed by atoms with Gasteiger partial charge in [0, 0.05) is 12.6 Å². The second-order valence-electron chi connectivity index (χ2n) is 6.15. The molecule has 0 aromatic heterocycles. The number of carbonyl (C=O) groups is 1. The molecule has 0 saturated carbocycles. The van der Waals surface area contributed by atoms with Gasteiger partial charge in [0.1, 0.15) is 18.2 Å². The molecule has 0 aliphatic rings. The highest BCUT2D eigenvalue weighted by Crippen LogP contribution is 2.27. The summed E-state index contributed by atoms with van der Waals surface area (Å²) < 4.78 is 62.0. The van der Waals surface area contributed by atoms with Crippen molar-refractivity contribution in [3.05, 3.63) is 53.6 Å². The first-order valence-electron chi connectivity index (χ1n) is 8.56. The first kappa shape index (κ1) is 22.4. The Kier molecular flexibility index (Phi) is 7.38. The molecule has 0 aliphatic heterocycles. The Morgan fingerprint density at radius 3 is 2.34 bits per heavy atom. The number of sulfonamides is 1. The van der Waals surface area contributed by atoms with Crippen molar-refractivity contribution >= 4 is 21.6 Å². The fourth-order valence-electron chi connectivity index (χ4n) is 2.63. The zero-order valence-corrected chi connectivity index (χ0v) is 17.1. The summed E-state index contributed by atoms with van der Waals surface area (Å²) in [5.41, 5.74) is 0.469. The Hall–Kier alpha value is -2.88. The highest BCUT2D eigenvalue weighted by molar-refractivity contribution is 7.92. The van der Waals surface area contributed by atoms with Crippen LogP contribution < -0.4 is 19.1 Å². The fraction of sp³-hybridized carbons (Fsp3) is 0.316. The third-order valence-corrected chi connectivity index (χ3v) is 5.18. The van der Waals surface area contributed by atoms with Crippen LogP contribution in [0.25, 0.3) is 0 Å². The number of methoxy groups -OCH3 is 2. The summed E-state index contributed by atoms with van der Waals surface area (Å²) in [5.74, 6) is -1.43. The second kappa shape index (κ2) is 9.55. The fourth-order valence-corrected chi connectivity index (χ4v) is 3.49. The van der Waals surface area contributed by atoms with E-state index >= 15 is 0 Å². The minimum Gasteiger partial charge on any atom is -0.493 e. The van der Waals surface area contributed by atoms with Crippen molar-refractivity contribution in [2.45, 2.75) is 6.42 Å². The van der Waals surface area contributed by atoms with Crippen LogP contribution in [0.4, 0.5) is 14.5 Å². The number of rotatable bonds is 9. The molecule has 0 fully saturated rings. The molecule has 29 heavy (non-hydrogen) atoms. The van der Waals surface area contributed by atoms with Crippen LogP contribution in [0.3, 0.4) is 0 Å². The molecule has 0 bridgehead atoms. The van der Waals surface area contributed by atoms with Crippen molar-refractivity contribution in [2.75, 3.05) is 37.9 Å². The molecule has 7 nitrogen and oxygen atoms in total. The van der Waals surface area contributed by atoms with Gasteiger partial charge in [0.15, 0.2) is 11.5 Å². The topological polar surface area (TPSA) is 84.9 Å². The maximum absolute atomic E-state index is 14.0. The third kappa shape index (κ3) is 6.05. The summed E-state index contributed by atoms with van der Waals surface area (Å²) in [4.78, 5) is 12.2. The van der Waals surface area contributed by atoms with Crippen molar-refractivity contribution < 1.29 is 31.5 Å². The van der Waals surface area contributed by atoms with Crippen molar-refractivity contribution in [3.8, 4) is 11.5 Å². The number of amides is 1. The number of anilines is 1. The highest BCUT2D eigenvalue weighted by Gasteiger charge is 2.23. The van der Waals surface area contributed by atoms with Gasteiger partial charge in [-0.3, -0.25) is 9.10 Å². The normalized spacial score (nSPS) is 11.1. The molecular weight excluding hydrogens is 406 g/mol. The zero-order valence-electron chi connectivity index (χ0n) is 16.2. The van der Waals surface area contributed by atoms with Crippen molar-refractivity contribution in [1.29, 1.82) is 0 Å². The van der Waals surface area contributed by atoms with Gasteiger partial charge < -0.3 is 14.8 Å². The number of nitrogens with zero attached hydrogens (tertiary/aromatic N) is 1.